The molecule has 0 saturated carbocycles. The highest BCUT2D eigenvalue weighted by Gasteiger charge is 2.06. The zero-order valence-corrected chi connectivity index (χ0v) is 8.83. The number of hydrogen-bond acceptors (Lipinski definition) is 0. The highest BCUT2D eigenvalue weighted by molar-refractivity contribution is 5.93. The van der Waals surface area contributed by atoms with Gasteiger partial charge < -0.3 is 4.98 Å². The lowest BCUT2D eigenvalue weighted by Crippen LogP contribution is -1.76. The zero-order chi connectivity index (χ0) is 11.5. The van der Waals surface area contributed by atoms with Gasteiger partial charge in [0.05, 0.1) is 0 Å². The first-order valence-corrected chi connectivity index (χ1v) is 4.99. The molecule has 0 spiro atoms. The third-order valence-corrected chi connectivity index (χ3v) is 2.46. The number of benzene rings is 1. The van der Waals surface area contributed by atoms with E-state index in [9.17, 15) is 4.39 Å². The molecule has 2 rings (SSSR count). The lowest BCUT2D eigenvalue weighted by molar-refractivity contribution is 0.675. The van der Waals surface area contributed by atoms with E-state index in [2.05, 4.69) is 18.1 Å². The maximum atomic E-state index is 13.2. The summed E-state index contributed by atoms with van der Waals surface area (Å²) in [5.41, 5.74) is 2.60. The molecule has 1 nitrogen and oxygen atoms in total. The van der Waals surface area contributed by atoms with E-state index in [4.69, 9.17) is 0 Å². The van der Waals surface area contributed by atoms with Crippen molar-refractivity contribution in [2.75, 3.05) is 0 Å². The smallest absolute Gasteiger partial charge is 0.123 e. The van der Waals surface area contributed by atoms with Crippen molar-refractivity contribution in [3.05, 3.63) is 60.6 Å². The Labute approximate surface area is 93.6 Å². The summed E-state index contributed by atoms with van der Waals surface area (Å²) >= 11 is 0. The van der Waals surface area contributed by atoms with Crippen LogP contribution < -0.4 is 0 Å². The Kier molecular flexibility index (Phi) is 2.73. The second kappa shape index (κ2) is 4.19. The van der Waals surface area contributed by atoms with Gasteiger partial charge in [0.2, 0.25) is 0 Å². The summed E-state index contributed by atoms with van der Waals surface area (Å²) in [4.78, 5) is 3.18. The molecule has 0 unspecified atom stereocenters. The summed E-state index contributed by atoms with van der Waals surface area (Å²) in [5.74, 6) is -0.354. The number of hydrogen-bond donors (Lipinski definition) is 1. The molecule has 0 amide bonds. The molecule has 0 aliphatic heterocycles. The molecule has 0 fully saturated rings. The molecule has 0 aliphatic carbocycles. The number of allylic oxidation sites excluding steroid dienone is 2. The van der Waals surface area contributed by atoms with E-state index in [1.54, 1.807) is 6.08 Å². The van der Waals surface area contributed by atoms with Gasteiger partial charge in [-0.15, -0.1) is 0 Å². The first kappa shape index (κ1) is 10.4. The minimum absolute atomic E-state index is 0.354. The van der Waals surface area contributed by atoms with Crippen LogP contribution in [-0.4, -0.2) is 4.98 Å². The van der Waals surface area contributed by atoms with Crippen LogP contribution in [0.3, 0.4) is 0 Å². The molecule has 80 valence electrons. The number of fused-ring (bicyclic) bond motifs is 1. The van der Waals surface area contributed by atoms with Gasteiger partial charge in [-0.25, -0.2) is 4.39 Å². The van der Waals surface area contributed by atoms with E-state index in [-0.39, 0.29) is 5.83 Å². The van der Waals surface area contributed by atoms with Gasteiger partial charge in [-0.2, -0.15) is 0 Å². The van der Waals surface area contributed by atoms with Crippen LogP contribution in [0.4, 0.5) is 4.39 Å². The fourth-order valence-electron chi connectivity index (χ4n) is 1.70. The largest absolute Gasteiger partial charge is 0.355 e. The van der Waals surface area contributed by atoms with Crippen molar-refractivity contribution >= 4 is 23.1 Å². The zero-order valence-electron chi connectivity index (χ0n) is 8.83. The predicted octanol–water partition coefficient (Wildman–Crippen LogP) is 4.31. The van der Waals surface area contributed by atoms with Crippen molar-refractivity contribution in [1.82, 2.24) is 4.98 Å². The number of para-hydroxylation sites is 1. The molecule has 1 aromatic carbocycles. The Morgan fingerprint density at radius 3 is 2.69 bits per heavy atom. The molecule has 16 heavy (non-hydrogen) atoms. The van der Waals surface area contributed by atoms with Crippen molar-refractivity contribution in [2.45, 2.75) is 0 Å². The number of nitrogens with one attached hydrogen (secondary N) is 1. The standard InChI is InChI=1S/C14H12FN/c1-3-10(15)9-12-11-7-5-6-8-14(11)16-13(12)4-2/h3-9,16H,1-2H2/b10-9+. The average molecular weight is 213 g/mol. The lowest BCUT2D eigenvalue weighted by Gasteiger charge is -1.93. The van der Waals surface area contributed by atoms with E-state index in [0.717, 1.165) is 22.2 Å². The number of aromatic nitrogens is 1. The molecule has 0 radical (unpaired) electrons. The van der Waals surface area contributed by atoms with Crippen molar-refractivity contribution in [3.8, 4) is 0 Å². The lowest BCUT2D eigenvalue weighted by atomic mass is 10.1. The molecule has 0 atom stereocenters. The molecule has 2 aromatic rings. The Morgan fingerprint density at radius 2 is 2.00 bits per heavy atom. The van der Waals surface area contributed by atoms with Gasteiger partial charge in [-0.3, -0.25) is 0 Å². The molecular weight excluding hydrogens is 201 g/mol. The molecule has 1 aromatic heterocycles. The van der Waals surface area contributed by atoms with Crippen LogP contribution in [-0.2, 0) is 0 Å². The number of H-pyrrole nitrogens is 1. The second-order valence-corrected chi connectivity index (χ2v) is 3.44. The fraction of sp³-hybridized carbons (Fsp3) is 0. The SMILES string of the molecule is C=C/C(F)=C\c1c(C=C)[nH]c2ccccc12. The quantitative estimate of drug-likeness (QED) is 0.731. The summed E-state index contributed by atoms with van der Waals surface area (Å²) in [6.45, 7) is 7.11. The molecule has 0 bridgehead atoms. The minimum Gasteiger partial charge on any atom is -0.355 e. The third kappa shape index (κ3) is 1.70. The van der Waals surface area contributed by atoms with Crippen molar-refractivity contribution in [1.29, 1.82) is 0 Å². The molecule has 1 heterocycles. The van der Waals surface area contributed by atoms with Crippen molar-refractivity contribution in [2.24, 2.45) is 0 Å². The number of aromatic amines is 1. The maximum Gasteiger partial charge on any atom is 0.123 e. The summed E-state index contributed by atoms with van der Waals surface area (Å²) in [6, 6.07) is 7.75. The van der Waals surface area contributed by atoms with Crippen molar-refractivity contribution in [3.63, 3.8) is 0 Å². The topological polar surface area (TPSA) is 15.8 Å². The van der Waals surface area contributed by atoms with Crippen LogP contribution in [0.1, 0.15) is 11.3 Å². The first-order valence-electron chi connectivity index (χ1n) is 4.99. The van der Waals surface area contributed by atoms with Crippen LogP contribution >= 0.6 is 0 Å². The summed E-state index contributed by atoms with van der Waals surface area (Å²) < 4.78 is 13.2. The van der Waals surface area contributed by atoms with E-state index >= 15 is 0 Å². The first-order chi connectivity index (χ1) is 7.76. The Hall–Kier alpha value is -2.09. The molecule has 0 saturated heterocycles. The number of halogens is 1. The van der Waals surface area contributed by atoms with E-state index in [1.165, 1.54) is 12.2 Å². The molecular formula is C14H12FN. The van der Waals surface area contributed by atoms with Crippen LogP contribution in [0.5, 0.6) is 0 Å². The van der Waals surface area contributed by atoms with E-state index in [0.29, 0.717) is 0 Å². The van der Waals surface area contributed by atoms with Gasteiger partial charge in [-0.05, 0) is 24.3 Å². The Morgan fingerprint density at radius 1 is 1.25 bits per heavy atom. The van der Waals surface area contributed by atoms with E-state index < -0.39 is 0 Å². The van der Waals surface area contributed by atoms with Gasteiger partial charge in [0, 0.05) is 22.2 Å². The number of rotatable bonds is 3. The van der Waals surface area contributed by atoms with Crippen LogP contribution in [0.15, 0.2) is 49.3 Å². The van der Waals surface area contributed by atoms with Gasteiger partial charge in [-0.1, -0.05) is 31.4 Å². The van der Waals surface area contributed by atoms with Crippen LogP contribution in [0.25, 0.3) is 23.1 Å². The predicted molar refractivity (Wildman–Crippen MR) is 67.7 cm³/mol. The summed E-state index contributed by atoms with van der Waals surface area (Å²) in [7, 11) is 0. The molecule has 1 N–H and O–H groups in total. The maximum absolute atomic E-state index is 13.2. The molecule has 2 heteroatoms. The van der Waals surface area contributed by atoms with E-state index in [1.807, 2.05) is 24.3 Å². The summed E-state index contributed by atoms with van der Waals surface area (Å²) in [5, 5.41) is 0.981. The highest BCUT2D eigenvalue weighted by atomic mass is 19.1. The Bertz CT molecular complexity index is 575. The fourth-order valence-corrected chi connectivity index (χ4v) is 1.70. The average Bonchev–Trinajstić information content (AvgIpc) is 2.67. The van der Waals surface area contributed by atoms with Crippen molar-refractivity contribution < 1.29 is 4.39 Å². The van der Waals surface area contributed by atoms with Gasteiger partial charge in [0.25, 0.3) is 0 Å². The van der Waals surface area contributed by atoms with Crippen LogP contribution in [0, 0.1) is 0 Å². The second-order valence-electron chi connectivity index (χ2n) is 3.44. The Balaban J connectivity index is 2.74. The monoisotopic (exact) mass is 213 g/mol. The van der Waals surface area contributed by atoms with Gasteiger partial charge in [0.1, 0.15) is 5.83 Å². The third-order valence-electron chi connectivity index (χ3n) is 2.46. The highest BCUT2D eigenvalue weighted by Crippen LogP contribution is 2.25. The normalized spacial score (nSPS) is 11.7. The minimum atomic E-state index is -0.354. The van der Waals surface area contributed by atoms with Gasteiger partial charge in [0.15, 0.2) is 0 Å². The summed E-state index contributed by atoms with van der Waals surface area (Å²) in [6.07, 6.45) is 4.33. The molecule has 0 aliphatic rings. The van der Waals surface area contributed by atoms with Gasteiger partial charge >= 0.3 is 0 Å². The van der Waals surface area contributed by atoms with Crippen LogP contribution in [0.2, 0.25) is 0 Å².